The van der Waals surface area contributed by atoms with Crippen molar-refractivity contribution in [1.29, 1.82) is 0 Å². The van der Waals surface area contributed by atoms with Crippen LogP contribution in [0.15, 0.2) is 29.6 Å². The van der Waals surface area contributed by atoms with Gasteiger partial charge in [-0.05, 0) is 12.5 Å². The monoisotopic (exact) mass is 247 g/mol. The first-order valence-corrected chi connectivity index (χ1v) is 6.47. The number of rotatable bonds is 2. The Hall–Kier alpha value is -1.23. The normalized spacial score (nSPS) is 16.5. The van der Waals surface area contributed by atoms with Crippen LogP contribution in [0.1, 0.15) is 17.5 Å². The SMILES string of the molecule is Cc1ccccc1-c1nc(C2OCCO2)cs1. The lowest BCUT2D eigenvalue weighted by Crippen LogP contribution is -1.98. The first kappa shape index (κ1) is 10.9. The van der Waals surface area contributed by atoms with Gasteiger partial charge in [0.15, 0.2) is 0 Å². The highest BCUT2D eigenvalue weighted by atomic mass is 32.1. The van der Waals surface area contributed by atoms with Crippen LogP contribution < -0.4 is 0 Å². The summed E-state index contributed by atoms with van der Waals surface area (Å²) in [6.45, 7) is 3.41. The summed E-state index contributed by atoms with van der Waals surface area (Å²) in [6.07, 6.45) is -0.274. The zero-order chi connectivity index (χ0) is 11.7. The lowest BCUT2D eigenvalue weighted by Gasteiger charge is -2.04. The molecule has 1 aromatic carbocycles. The van der Waals surface area contributed by atoms with Gasteiger partial charge in [0.05, 0.1) is 13.2 Å². The van der Waals surface area contributed by atoms with Gasteiger partial charge in [-0.25, -0.2) is 4.98 Å². The average Bonchev–Trinajstić information content (AvgIpc) is 3.00. The van der Waals surface area contributed by atoms with Crippen molar-refractivity contribution in [3.63, 3.8) is 0 Å². The van der Waals surface area contributed by atoms with Gasteiger partial charge in [0.1, 0.15) is 10.7 Å². The Labute approximate surface area is 104 Å². The maximum absolute atomic E-state index is 5.44. The molecular weight excluding hydrogens is 234 g/mol. The number of ether oxygens (including phenoxy) is 2. The Morgan fingerprint density at radius 1 is 1.24 bits per heavy atom. The second-order valence-electron chi connectivity index (χ2n) is 3.97. The van der Waals surface area contributed by atoms with E-state index in [-0.39, 0.29) is 6.29 Å². The largest absolute Gasteiger partial charge is 0.345 e. The Morgan fingerprint density at radius 2 is 2.00 bits per heavy atom. The summed E-state index contributed by atoms with van der Waals surface area (Å²) >= 11 is 1.63. The van der Waals surface area contributed by atoms with Crippen LogP contribution in [-0.4, -0.2) is 18.2 Å². The molecule has 1 aromatic heterocycles. The first-order valence-electron chi connectivity index (χ1n) is 5.59. The third-order valence-electron chi connectivity index (χ3n) is 2.76. The zero-order valence-electron chi connectivity index (χ0n) is 9.55. The molecule has 0 saturated carbocycles. The Bertz CT molecular complexity index is 518. The van der Waals surface area contributed by atoms with Crippen LogP contribution in [0.3, 0.4) is 0 Å². The van der Waals surface area contributed by atoms with Crippen molar-refractivity contribution in [2.75, 3.05) is 13.2 Å². The maximum Gasteiger partial charge on any atom is 0.202 e. The second kappa shape index (κ2) is 4.56. The number of nitrogens with zero attached hydrogens (tertiary/aromatic N) is 1. The molecule has 3 rings (SSSR count). The number of benzene rings is 1. The molecule has 0 aliphatic carbocycles. The topological polar surface area (TPSA) is 31.4 Å². The predicted octanol–water partition coefficient (Wildman–Crippen LogP) is 3.16. The molecule has 1 fully saturated rings. The molecule has 0 atom stereocenters. The standard InChI is InChI=1S/C13H13NO2S/c1-9-4-2-3-5-10(9)12-14-11(8-17-12)13-15-6-7-16-13/h2-5,8,13H,6-7H2,1H3. The van der Waals surface area contributed by atoms with Crippen LogP contribution in [-0.2, 0) is 9.47 Å². The lowest BCUT2D eigenvalue weighted by molar-refractivity contribution is -0.0468. The molecule has 17 heavy (non-hydrogen) atoms. The van der Waals surface area contributed by atoms with Crippen LogP contribution in [0.4, 0.5) is 0 Å². The van der Waals surface area contributed by atoms with Crippen LogP contribution in [0.25, 0.3) is 10.6 Å². The maximum atomic E-state index is 5.44. The molecule has 2 aromatic rings. The minimum Gasteiger partial charge on any atom is -0.345 e. The molecule has 0 radical (unpaired) electrons. The molecule has 0 N–H and O–H groups in total. The summed E-state index contributed by atoms with van der Waals surface area (Å²) in [5, 5.41) is 3.04. The third kappa shape index (κ3) is 2.11. The molecule has 2 heterocycles. The fraction of sp³-hybridized carbons (Fsp3) is 0.308. The average molecular weight is 247 g/mol. The molecular formula is C13H13NO2S. The Morgan fingerprint density at radius 3 is 2.76 bits per heavy atom. The summed E-state index contributed by atoms with van der Waals surface area (Å²) in [7, 11) is 0. The van der Waals surface area contributed by atoms with Crippen LogP contribution in [0.2, 0.25) is 0 Å². The second-order valence-corrected chi connectivity index (χ2v) is 4.82. The zero-order valence-corrected chi connectivity index (χ0v) is 10.4. The number of hydrogen-bond acceptors (Lipinski definition) is 4. The molecule has 4 heteroatoms. The number of aryl methyl sites for hydroxylation is 1. The molecule has 1 aliphatic heterocycles. The number of thiazole rings is 1. The van der Waals surface area contributed by atoms with Gasteiger partial charge in [0, 0.05) is 10.9 Å². The Kier molecular flexibility index (Phi) is 2.93. The van der Waals surface area contributed by atoms with Gasteiger partial charge in [0.2, 0.25) is 6.29 Å². The molecule has 88 valence electrons. The highest BCUT2D eigenvalue weighted by molar-refractivity contribution is 7.13. The van der Waals surface area contributed by atoms with E-state index >= 15 is 0 Å². The van der Waals surface area contributed by atoms with Gasteiger partial charge >= 0.3 is 0 Å². The van der Waals surface area contributed by atoms with Crippen LogP contribution in [0, 0.1) is 6.92 Å². The fourth-order valence-corrected chi connectivity index (χ4v) is 2.77. The van der Waals surface area contributed by atoms with E-state index in [1.54, 1.807) is 11.3 Å². The molecule has 0 spiro atoms. The quantitative estimate of drug-likeness (QED) is 0.816. The van der Waals surface area contributed by atoms with Crippen molar-refractivity contribution in [1.82, 2.24) is 4.98 Å². The highest BCUT2D eigenvalue weighted by Crippen LogP contribution is 2.31. The fourth-order valence-electron chi connectivity index (χ4n) is 1.86. The van der Waals surface area contributed by atoms with Crippen molar-refractivity contribution in [2.24, 2.45) is 0 Å². The molecule has 3 nitrogen and oxygen atoms in total. The number of aromatic nitrogens is 1. The van der Waals surface area contributed by atoms with E-state index in [1.807, 2.05) is 17.5 Å². The summed E-state index contributed by atoms with van der Waals surface area (Å²) < 4.78 is 10.9. The van der Waals surface area contributed by atoms with Crippen molar-refractivity contribution >= 4 is 11.3 Å². The highest BCUT2D eigenvalue weighted by Gasteiger charge is 2.21. The van der Waals surface area contributed by atoms with E-state index in [0.717, 1.165) is 10.7 Å². The van der Waals surface area contributed by atoms with Crippen molar-refractivity contribution in [3.8, 4) is 10.6 Å². The molecule has 1 aliphatic rings. The van der Waals surface area contributed by atoms with Gasteiger partial charge in [-0.15, -0.1) is 11.3 Å². The van der Waals surface area contributed by atoms with E-state index in [4.69, 9.17) is 9.47 Å². The van der Waals surface area contributed by atoms with E-state index in [1.165, 1.54) is 11.1 Å². The minimum atomic E-state index is -0.274. The Balaban J connectivity index is 1.92. The van der Waals surface area contributed by atoms with Gasteiger partial charge in [-0.3, -0.25) is 0 Å². The van der Waals surface area contributed by atoms with Crippen molar-refractivity contribution < 1.29 is 9.47 Å². The van der Waals surface area contributed by atoms with E-state index in [2.05, 4.69) is 24.0 Å². The molecule has 0 unspecified atom stereocenters. The van der Waals surface area contributed by atoms with E-state index < -0.39 is 0 Å². The summed E-state index contributed by atoms with van der Waals surface area (Å²) in [5.74, 6) is 0. The van der Waals surface area contributed by atoms with Crippen molar-refractivity contribution in [3.05, 3.63) is 40.9 Å². The van der Waals surface area contributed by atoms with Crippen LogP contribution >= 0.6 is 11.3 Å². The molecule has 1 saturated heterocycles. The smallest absolute Gasteiger partial charge is 0.202 e. The minimum absolute atomic E-state index is 0.274. The predicted molar refractivity (Wildman–Crippen MR) is 66.9 cm³/mol. The van der Waals surface area contributed by atoms with Gasteiger partial charge < -0.3 is 9.47 Å². The first-order chi connectivity index (χ1) is 8.34. The lowest BCUT2D eigenvalue weighted by atomic mass is 10.1. The van der Waals surface area contributed by atoms with Gasteiger partial charge in [-0.2, -0.15) is 0 Å². The summed E-state index contributed by atoms with van der Waals surface area (Å²) in [4.78, 5) is 4.59. The number of hydrogen-bond donors (Lipinski definition) is 0. The van der Waals surface area contributed by atoms with E-state index in [0.29, 0.717) is 13.2 Å². The van der Waals surface area contributed by atoms with Crippen molar-refractivity contribution in [2.45, 2.75) is 13.2 Å². The van der Waals surface area contributed by atoms with Crippen LogP contribution in [0.5, 0.6) is 0 Å². The van der Waals surface area contributed by atoms with E-state index in [9.17, 15) is 0 Å². The van der Waals surface area contributed by atoms with Gasteiger partial charge in [-0.1, -0.05) is 24.3 Å². The third-order valence-corrected chi connectivity index (χ3v) is 3.65. The molecule has 0 bridgehead atoms. The van der Waals surface area contributed by atoms with Gasteiger partial charge in [0.25, 0.3) is 0 Å². The molecule has 0 amide bonds. The summed E-state index contributed by atoms with van der Waals surface area (Å²) in [6, 6.07) is 8.26. The summed E-state index contributed by atoms with van der Waals surface area (Å²) in [5.41, 5.74) is 3.30.